The third-order valence-electron chi connectivity index (χ3n) is 3.25. The van der Waals surface area contributed by atoms with Crippen molar-refractivity contribution < 1.29 is 24.1 Å². The molecule has 1 aliphatic rings. The van der Waals surface area contributed by atoms with Crippen LogP contribution in [0.1, 0.15) is 26.7 Å². The van der Waals surface area contributed by atoms with Crippen LogP contribution in [0.15, 0.2) is 12.2 Å². The molecule has 1 aliphatic heterocycles. The number of hydrogen-bond donors (Lipinski definition) is 1. The molecule has 5 heteroatoms. The minimum Gasteiger partial charge on any atom is -0.466 e. The summed E-state index contributed by atoms with van der Waals surface area (Å²) in [5.41, 5.74) is 0.914. The summed E-state index contributed by atoms with van der Waals surface area (Å²) in [5, 5.41) is 9.31. The summed E-state index contributed by atoms with van der Waals surface area (Å²) < 4.78 is 16.0. The highest BCUT2D eigenvalue weighted by Crippen LogP contribution is 2.41. The second kappa shape index (κ2) is 6.31. The van der Waals surface area contributed by atoms with E-state index in [2.05, 4.69) is 6.58 Å². The first-order valence-corrected chi connectivity index (χ1v) is 6.13. The summed E-state index contributed by atoms with van der Waals surface area (Å²) in [6.45, 7) is 7.73. The van der Waals surface area contributed by atoms with Crippen LogP contribution in [-0.2, 0) is 19.0 Å². The fourth-order valence-corrected chi connectivity index (χ4v) is 2.28. The zero-order chi connectivity index (χ0) is 13.8. The first-order valence-electron chi connectivity index (χ1n) is 6.13. The van der Waals surface area contributed by atoms with Crippen LogP contribution in [0.5, 0.6) is 0 Å². The lowest BCUT2D eigenvalue weighted by Gasteiger charge is -2.26. The van der Waals surface area contributed by atoms with Crippen LogP contribution in [0.2, 0.25) is 0 Å². The maximum absolute atomic E-state index is 11.6. The zero-order valence-electron chi connectivity index (χ0n) is 11.3. The van der Waals surface area contributed by atoms with Gasteiger partial charge in [-0.25, -0.2) is 0 Å². The third-order valence-corrected chi connectivity index (χ3v) is 3.25. The van der Waals surface area contributed by atoms with E-state index in [4.69, 9.17) is 14.2 Å². The molecule has 1 saturated heterocycles. The van der Waals surface area contributed by atoms with Gasteiger partial charge in [-0.05, 0) is 13.8 Å². The number of methoxy groups -OCH3 is 1. The maximum Gasteiger partial charge on any atom is 0.311 e. The van der Waals surface area contributed by atoms with E-state index in [1.165, 1.54) is 7.11 Å². The summed E-state index contributed by atoms with van der Waals surface area (Å²) in [4.78, 5) is 11.6. The highest BCUT2D eigenvalue weighted by Gasteiger charge is 2.48. The second-order valence-electron chi connectivity index (χ2n) is 4.59. The Morgan fingerprint density at radius 1 is 1.61 bits per heavy atom. The Morgan fingerprint density at radius 2 is 2.28 bits per heavy atom. The Balaban J connectivity index is 2.77. The number of ether oxygens (including phenoxy) is 3. The van der Waals surface area contributed by atoms with Crippen molar-refractivity contribution >= 4 is 5.97 Å². The summed E-state index contributed by atoms with van der Waals surface area (Å²) in [6.07, 6.45) is 0.150. The number of carbonyl (C=O) groups is 1. The number of hydrogen-bond acceptors (Lipinski definition) is 5. The van der Waals surface area contributed by atoms with Crippen LogP contribution in [0.3, 0.4) is 0 Å². The minimum atomic E-state index is -1.01. The molecule has 18 heavy (non-hydrogen) atoms. The van der Waals surface area contributed by atoms with E-state index < -0.39 is 5.79 Å². The topological polar surface area (TPSA) is 65.0 Å². The highest BCUT2D eigenvalue weighted by molar-refractivity contribution is 5.70. The fraction of sp³-hybridized carbons (Fsp3) is 0.769. The number of esters is 1. The van der Waals surface area contributed by atoms with Gasteiger partial charge in [0, 0.05) is 19.4 Å². The molecule has 0 aromatic carbocycles. The monoisotopic (exact) mass is 258 g/mol. The Morgan fingerprint density at radius 3 is 2.67 bits per heavy atom. The lowest BCUT2D eigenvalue weighted by atomic mass is 9.91. The molecular weight excluding hydrogens is 236 g/mol. The molecule has 3 atom stereocenters. The predicted molar refractivity (Wildman–Crippen MR) is 65.9 cm³/mol. The van der Waals surface area contributed by atoms with Gasteiger partial charge >= 0.3 is 5.97 Å². The summed E-state index contributed by atoms with van der Waals surface area (Å²) >= 11 is 0. The molecule has 0 radical (unpaired) electrons. The van der Waals surface area contributed by atoms with Crippen molar-refractivity contribution in [2.75, 3.05) is 20.3 Å². The zero-order valence-corrected chi connectivity index (χ0v) is 11.3. The van der Waals surface area contributed by atoms with Crippen LogP contribution in [0.25, 0.3) is 0 Å². The molecule has 0 saturated carbocycles. The SMILES string of the molecule is C=C(C)[C@H]1CC(CC(=O)OCC)(OC)O[C@@H]1CO. The average Bonchev–Trinajstić information content (AvgIpc) is 2.69. The van der Waals surface area contributed by atoms with E-state index in [1.54, 1.807) is 6.92 Å². The third kappa shape index (κ3) is 3.31. The van der Waals surface area contributed by atoms with Gasteiger partial charge in [0.05, 0.1) is 25.7 Å². The van der Waals surface area contributed by atoms with E-state index >= 15 is 0 Å². The van der Waals surface area contributed by atoms with E-state index in [9.17, 15) is 9.90 Å². The van der Waals surface area contributed by atoms with Crippen molar-refractivity contribution in [1.29, 1.82) is 0 Å². The van der Waals surface area contributed by atoms with Gasteiger partial charge in [-0.2, -0.15) is 0 Å². The van der Waals surface area contributed by atoms with E-state index in [1.807, 2.05) is 6.92 Å². The average molecular weight is 258 g/mol. The van der Waals surface area contributed by atoms with Gasteiger partial charge in [0.15, 0.2) is 5.79 Å². The highest BCUT2D eigenvalue weighted by atomic mass is 16.7. The molecule has 1 unspecified atom stereocenters. The van der Waals surface area contributed by atoms with Gasteiger partial charge in [-0.15, -0.1) is 0 Å². The molecule has 0 bridgehead atoms. The molecule has 5 nitrogen and oxygen atoms in total. The quantitative estimate of drug-likeness (QED) is 0.574. The van der Waals surface area contributed by atoms with Gasteiger partial charge < -0.3 is 19.3 Å². The van der Waals surface area contributed by atoms with Gasteiger partial charge in [0.2, 0.25) is 0 Å². The van der Waals surface area contributed by atoms with Crippen LogP contribution < -0.4 is 0 Å². The molecule has 1 N–H and O–H groups in total. The van der Waals surface area contributed by atoms with Crippen LogP contribution in [0, 0.1) is 5.92 Å². The van der Waals surface area contributed by atoms with Crippen LogP contribution in [-0.4, -0.2) is 43.3 Å². The Bertz CT molecular complexity index is 315. The fourth-order valence-electron chi connectivity index (χ4n) is 2.28. The molecule has 0 spiro atoms. The lowest BCUT2D eigenvalue weighted by molar-refractivity contribution is -0.224. The Hall–Kier alpha value is -0.910. The molecule has 0 aromatic rings. The van der Waals surface area contributed by atoms with Crippen LogP contribution in [0.4, 0.5) is 0 Å². The van der Waals surface area contributed by atoms with E-state index in [-0.39, 0.29) is 31.0 Å². The summed E-state index contributed by atoms with van der Waals surface area (Å²) in [5.74, 6) is -1.38. The lowest BCUT2D eigenvalue weighted by Crippen LogP contribution is -2.35. The van der Waals surface area contributed by atoms with Crippen molar-refractivity contribution in [1.82, 2.24) is 0 Å². The van der Waals surface area contributed by atoms with Gasteiger partial charge in [-0.1, -0.05) is 12.2 Å². The predicted octanol–water partition coefficient (Wildman–Crippen LogP) is 1.26. The molecule has 104 valence electrons. The summed E-state index contributed by atoms with van der Waals surface area (Å²) in [6, 6.07) is 0. The Kier molecular flexibility index (Phi) is 5.31. The standard InChI is InChI=1S/C13H22O5/c1-5-17-12(15)7-13(16-4)6-10(9(2)3)11(8-14)18-13/h10-11,14H,2,5-8H2,1,3-4H3/t10-,11-,13?/m1/s1. The normalized spacial score (nSPS) is 31.3. The van der Waals surface area contributed by atoms with Crippen molar-refractivity contribution in [3.8, 4) is 0 Å². The van der Waals surface area contributed by atoms with Gasteiger partial charge in [-0.3, -0.25) is 4.79 Å². The molecular formula is C13H22O5. The van der Waals surface area contributed by atoms with Crippen molar-refractivity contribution in [3.63, 3.8) is 0 Å². The number of carbonyl (C=O) groups excluding carboxylic acids is 1. The van der Waals surface area contributed by atoms with Gasteiger partial charge in [0.1, 0.15) is 0 Å². The molecule has 1 rings (SSSR count). The first kappa shape index (κ1) is 15.1. The van der Waals surface area contributed by atoms with E-state index in [0.717, 1.165) is 5.57 Å². The largest absolute Gasteiger partial charge is 0.466 e. The number of aliphatic hydroxyl groups is 1. The first-order chi connectivity index (χ1) is 8.48. The van der Waals surface area contributed by atoms with Crippen molar-refractivity contribution in [3.05, 3.63) is 12.2 Å². The molecule has 1 heterocycles. The van der Waals surface area contributed by atoms with Crippen molar-refractivity contribution in [2.45, 2.75) is 38.6 Å². The van der Waals surface area contributed by atoms with Gasteiger partial charge in [0.25, 0.3) is 0 Å². The number of aliphatic hydroxyl groups excluding tert-OH is 1. The number of rotatable bonds is 6. The summed E-state index contributed by atoms with van der Waals surface area (Å²) in [7, 11) is 1.49. The second-order valence-corrected chi connectivity index (χ2v) is 4.59. The Labute approximate surface area is 108 Å². The van der Waals surface area contributed by atoms with E-state index in [0.29, 0.717) is 13.0 Å². The smallest absolute Gasteiger partial charge is 0.311 e. The molecule has 0 amide bonds. The minimum absolute atomic E-state index is 0.00984. The molecule has 1 fully saturated rings. The molecule has 0 aliphatic carbocycles. The van der Waals surface area contributed by atoms with Crippen LogP contribution >= 0.6 is 0 Å². The maximum atomic E-state index is 11.6. The molecule has 0 aromatic heterocycles. The van der Waals surface area contributed by atoms with Crippen molar-refractivity contribution in [2.24, 2.45) is 5.92 Å².